The molecule has 2 N–H and O–H groups in total. The van der Waals surface area contributed by atoms with Crippen molar-refractivity contribution in [2.45, 2.75) is 6.54 Å². The first-order chi connectivity index (χ1) is 6.25. The van der Waals surface area contributed by atoms with Crippen LogP contribution in [0.1, 0.15) is 5.69 Å². The largest absolute Gasteiger partial charge is 0.367 e. The Morgan fingerprint density at radius 3 is 2.92 bits per heavy atom. The Labute approximate surface area is 74.1 Å². The van der Waals surface area contributed by atoms with Gasteiger partial charge >= 0.3 is 0 Å². The number of aromatic nitrogens is 6. The number of nitrogens with two attached hydrogens (primary N) is 1. The molecule has 0 aliphatic rings. The molecule has 0 aliphatic carbocycles. The number of hydrogen-bond donors (Lipinski definition) is 1. The van der Waals surface area contributed by atoms with Gasteiger partial charge in [-0.05, 0) is 16.5 Å². The molecule has 2 aromatic rings. The monoisotopic (exact) mass is 179 g/mol. The highest BCUT2D eigenvalue weighted by molar-refractivity contribution is 5.12. The zero-order chi connectivity index (χ0) is 9.26. The van der Waals surface area contributed by atoms with Crippen LogP contribution in [0.4, 0.5) is 5.95 Å². The van der Waals surface area contributed by atoms with E-state index in [-0.39, 0.29) is 0 Å². The maximum atomic E-state index is 5.49. The second-order valence-corrected chi connectivity index (χ2v) is 2.68. The molecule has 0 spiro atoms. The van der Waals surface area contributed by atoms with E-state index in [0.717, 1.165) is 5.69 Å². The molecule has 0 amide bonds. The molecular weight excluding hydrogens is 170 g/mol. The molecule has 2 heterocycles. The maximum Gasteiger partial charge on any atom is 0.240 e. The van der Waals surface area contributed by atoms with Crippen molar-refractivity contribution in [3.05, 3.63) is 18.0 Å². The average Bonchev–Trinajstić information content (AvgIpc) is 2.64. The maximum absolute atomic E-state index is 5.49. The highest BCUT2D eigenvalue weighted by Crippen LogP contribution is 1.99. The first kappa shape index (κ1) is 7.71. The van der Waals surface area contributed by atoms with E-state index < -0.39 is 0 Å². The lowest BCUT2D eigenvalue weighted by Gasteiger charge is -1.96. The minimum absolute atomic E-state index is 0.297. The molecule has 0 bridgehead atoms. The average molecular weight is 179 g/mol. The van der Waals surface area contributed by atoms with Crippen molar-refractivity contribution in [2.75, 3.05) is 5.73 Å². The van der Waals surface area contributed by atoms with Crippen LogP contribution in [0.15, 0.2) is 12.3 Å². The summed E-state index contributed by atoms with van der Waals surface area (Å²) in [6.45, 7) is 0.500. The first-order valence-electron chi connectivity index (χ1n) is 3.76. The minimum Gasteiger partial charge on any atom is -0.367 e. The van der Waals surface area contributed by atoms with Crippen LogP contribution in [0.5, 0.6) is 0 Å². The molecule has 2 rings (SSSR count). The van der Waals surface area contributed by atoms with Gasteiger partial charge in [-0.15, -0.1) is 0 Å². The standard InChI is InChI=1S/C6H9N7/c1-12-3-2-5(9-12)4-13-6(7)8-10-11-13/h2-3H,4H2,1H3,(H2,7,8,11). The minimum atomic E-state index is 0.297. The predicted molar refractivity (Wildman–Crippen MR) is 44.5 cm³/mol. The third-order valence-corrected chi connectivity index (χ3v) is 1.64. The number of nitrogens with zero attached hydrogens (tertiary/aromatic N) is 6. The Bertz CT molecular complexity index is 401. The number of aryl methyl sites for hydroxylation is 1. The summed E-state index contributed by atoms with van der Waals surface area (Å²) in [6.07, 6.45) is 1.86. The Morgan fingerprint density at radius 2 is 2.38 bits per heavy atom. The van der Waals surface area contributed by atoms with E-state index in [9.17, 15) is 0 Å². The summed E-state index contributed by atoms with van der Waals surface area (Å²) >= 11 is 0. The molecule has 2 aromatic heterocycles. The van der Waals surface area contributed by atoms with Gasteiger partial charge < -0.3 is 5.73 Å². The first-order valence-corrected chi connectivity index (χ1v) is 3.76. The van der Waals surface area contributed by atoms with Crippen LogP contribution in [0.25, 0.3) is 0 Å². The second kappa shape index (κ2) is 2.85. The van der Waals surface area contributed by atoms with Gasteiger partial charge in [0.2, 0.25) is 5.95 Å². The number of rotatable bonds is 2. The summed E-state index contributed by atoms with van der Waals surface area (Å²) in [4.78, 5) is 0. The summed E-state index contributed by atoms with van der Waals surface area (Å²) in [7, 11) is 1.85. The van der Waals surface area contributed by atoms with Gasteiger partial charge in [-0.3, -0.25) is 4.68 Å². The van der Waals surface area contributed by atoms with Crippen molar-refractivity contribution in [1.29, 1.82) is 0 Å². The van der Waals surface area contributed by atoms with Crippen molar-refractivity contribution < 1.29 is 0 Å². The smallest absolute Gasteiger partial charge is 0.240 e. The van der Waals surface area contributed by atoms with Crippen molar-refractivity contribution in [2.24, 2.45) is 7.05 Å². The molecule has 0 aliphatic heterocycles. The van der Waals surface area contributed by atoms with E-state index in [1.165, 1.54) is 4.68 Å². The van der Waals surface area contributed by atoms with Crippen LogP contribution in [-0.4, -0.2) is 30.0 Å². The van der Waals surface area contributed by atoms with Crippen molar-refractivity contribution in [1.82, 2.24) is 30.0 Å². The molecule has 0 saturated carbocycles. The number of nitrogen functional groups attached to an aromatic ring is 1. The third kappa shape index (κ3) is 1.48. The Kier molecular flexibility index (Phi) is 1.69. The molecule has 7 nitrogen and oxygen atoms in total. The Morgan fingerprint density at radius 1 is 1.54 bits per heavy atom. The zero-order valence-electron chi connectivity index (χ0n) is 7.12. The van der Waals surface area contributed by atoms with Crippen LogP contribution in [0, 0.1) is 0 Å². The summed E-state index contributed by atoms with van der Waals surface area (Å²) in [6, 6.07) is 1.89. The molecule has 0 atom stereocenters. The van der Waals surface area contributed by atoms with E-state index in [4.69, 9.17) is 5.73 Å². The van der Waals surface area contributed by atoms with Gasteiger partial charge in [-0.1, -0.05) is 5.10 Å². The quantitative estimate of drug-likeness (QED) is 0.641. The summed E-state index contributed by atoms with van der Waals surface area (Å²) < 4.78 is 3.21. The van der Waals surface area contributed by atoms with E-state index in [0.29, 0.717) is 12.5 Å². The van der Waals surface area contributed by atoms with E-state index in [2.05, 4.69) is 20.6 Å². The molecular formula is C6H9N7. The second-order valence-electron chi connectivity index (χ2n) is 2.68. The topological polar surface area (TPSA) is 87.4 Å². The van der Waals surface area contributed by atoms with Crippen molar-refractivity contribution >= 4 is 5.95 Å². The van der Waals surface area contributed by atoms with Crippen molar-refractivity contribution in [3.63, 3.8) is 0 Å². The highest BCUT2D eigenvalue weighted by Gasteiger charge is 2.03. The van der Waals surface area contributed by atoms with Crippen molar-refractivity contribution in [3.8, 4) is 0 Å². The fraction of sp³-hybridized carbons (Fsp3) is 0.333. The SMILES string of the molecule is Cn1ccc(Cn2nnnc2N)n1. The number of anilines is 1. The molecule has 68 valence electrons. The lowest BCUT2D eigenvalue weighted by Crippen LogP contribution is -2.07. The molecule has 0 fully saturated rings. The zero-order valence-corrected chi connectivity index (χ0v) is 7.12. The van der Waals surface area contributed by atoms with Gasteiger partial charge in [0.1, 0.15) is 0 Å². The van der Waals surface area contributed by atoms with Gasteiger partial charge in [0.25, 0.3) is 0 Å². The lowest BCUT2D eigenvalue weighted by atomic mass is 10.4. The van der Waals surface area contributed by atoms with Crippen LogP contribution < -0.4 is 5.73 Å². The molecule has 7 heteroatoms. The van der Waals surface area contributed by atoms with Gasteiger partial charge in [-0.25, -0.2) is 4.68 Å². The van der Waals surface area contributed by atoms with Gasteiger partial charge in [0.15, 0.2) is 0 Å². The van der Waals surface area contributed by atoms with E-state index in [1.54, 1.807) is 4.68 Å². The number of hydrogen-bond acceptors (Lipinski definition) is 5. The van der Waals surface area contributed by atoms with Gasteiger partial charge in [-0.2, -0.15) is 5.10 Å². The van der Waals surface area contributed by atoms with Crippen LogP contribution in [0.3, 0.4) is 0 Å². The Hall–Kier alpha value is -1.92. The van der Waals surface area contributed by atoms with Crippen LogP contribution in [0.2, 0.25) is 0 Å². The molecule has 0 radical (unpaired) electrons. The summed E-state index contributed by atoms with van der Waals surface area (Å²) in [5.41, 5.74) is 6.36. The third-order valence-electron chi connectivity index (χ3n) is 1.64. The fourth-order valence-electron chi connectivity index (χ4n) is 1.03. The predicted octanol–water partition coefficient (Wildman–Crippen LogP) is -0.963. The fourth-order valence-corrected chi connectivity index (χ4v) is 1.03. The van der Waals surface area contributed by atoms with Crippen LogP contribution >= 0.6 is 0 Å². The molecule has 13 heavy (non-hydrogen) atoms. The summed E-state index contributed by atoms with van der Waals surface area (Å²) in [5, 5.41) is 14.9. The van der Waals surface area contributed by atoms with Gasteiger partial charge in [0, 0.05) is 13.2 Å². The van der Waals surface area contributed by atoms with E-state index in [1.807, 2.05) is 19.3 Å². The van der Waals surface area contributed by atoms with Crippen LogP contribution in [-0.2, 0) is 13.6 Å². The number of tetrazole rings is 1. The van der Waals surface area contributed by atoms with Gasteiger partial charge in [0.05, 0.1) is 12.2 Å². The Balaban J connectivity index is 2.19. The highest BCUT2D eigenvalue weighted by atomic mass is 15.6. The summed E-state index contributed by atoms with van der Waals surface area (Å²) in [5.74, 6) is 0.297. The van der Waals surface area contributed by atoms with E-state index >= 15 is 0 Å². The normalized spacial score (nSPS) is 10.5. The molecule has 0 aromatic carbocycles. The lowest BCUT2D eigenvalue weighted by molar-refractivity contribution is 0.629. The molecule has 0 saturated heterocycles. The molecule has 0 unspecified atom stereocenters.